The molecule has 1 aromatic heterocycles. The number of aryl methyl sites for hydroxylation is 1. The van der Waals surface area contributed by atoms with Crippen molar-refractivity contribution in [3.05, 3.63) is 11.7 Å². The van der Waals surface area contributed by atoms with E-state index >= 15 is 0 Å². The minimum absolute atomic E-state index is 0.187. The Morgan fingerprint density at radius 1 is 1.35 bits per heavy atom. The van der Waals surface area contributed by atoms with Crippen LogP contribution < -0.4 is 5.32 Å². The third-order valence-electron chi connectivity index (χ3n) is 3.63. The van der Waals surface area contributed by atoms with Gasteiger partial charge in [0.05, 0.1) is 11.8 Å². The van der Waals surface area contributed by atoms with E-state index in [9.17, 15) is 9.59 Å². The van der Waals surface area contributed by atoms with Gasteiger partial charge in [-0.05, 0) is 19.8 Å². The maximum atomic E-state index is 12.1. The molecule has 1 aliphatic rings. The number of carbonyl (C=O) groups excluding carboxylic acids is 1. The molecule has 1 fully saturated rings. The Balaban J connectivity index is 1.82. The lowest BCUT2D eigenvalue weighted by Crippen LogP contribution is -2.40. The number of aliphatic carboxylic acids is 1. The van der Waals surface area contributed by atoms with Crippen molar-refractivity contribution in [2.24, 2.45) is 11.8 Å². The van der Waals surface area contributed by atoms with Crippen LogP contribution in [0.3, 0.4) is 0 Å². The predicted octanol–water partition coefficient (Wildman–Crippen LogP) is 0.928. The van der Waals surface area contributed by atoms with E-state index < -0.39 is 17.8 Å². The zero-order valence-corrected chi connectivity index (χ0v) is 11.5. The molecule has 1 saturated carbocycles. The third kappa shape index (κ3) is 3.55. The van der Waals surface area contributed by atoms with Gasteiger partial charge in [0, 0.05) is 13.0 Å². The van der Waals surface area contributed by atoms with Crippen LogP contribution in [0.1, 0.15) is 37.4 Å². The average molecular weight is 281 g/mol. The van der Waals surface area contributed by atoms with Gasteiger partial charge < -0.3 is 14.9 Å². The van der Waals surface area contributed by atoms with Crippen molar-refractivity contribution >= 4 is 11.9 Å². The van der Waals surface area contributed by atoms with E-state index in [0.717, 1.165) is 12.8 Å². The van der Waals surface area contributed by atoms with E-state index in [0.29, 0.717) is 37.5 Å². The monoisotopic (exact) mass is 281 g/mol. The number of hydrogen-bond acceptors (Lipinski definition) is 5. The first-order valence-corrected chi connectivity index (χ1v) is 6.87. The molecular formula is C13H19N3O4. The van der Waals surface area contributed by atoms with Crippen LogP contribution in [0.25, 0.3) is 0 Å². The van der Waals surface area contributed by atoms with Gasteiger partial charge in [-0.3, -0.25) is 9.59 Å². The summed E-state index contributed by atoms with van der Waals surface area (Å²) in [6.45, 7) is 2.11. The highest BCUT2D eigenvalue weighted by Gasteiger charge is 2.35. The van der Waals surface area contributed by atoms with Gasteiger partial charge in [0.2, 0.25) is 11.8 Å². The normalized spacial score (nSPS) is 22.4. The topological polar surface area (TPSA) is 105 Å². The number of carboxylic acid groups (broad SMARTS) is 1. The zero-order valence-electron chi connectivity index (χ0n) is 11.5. The van der Waals surface area contributed by atoms with Crippen molar-refractivity contribution in [3.63, 3.8) is 0 Å². The summed E-state index contributed by atoms with van der Waals surface area (Å²) in [5, 5.41) is 15.6. The second kappa shape index (κ2) is 6.49. The Morgan fingerprint density at radius 2 is 2.05 bits per heavy atom. The molecule has 2 atom stereocenters. The highest BCUT2D eigenvalue weighted by Crippen LogP contribution is 2.30. The first-order chi connectivity index (χ1) is 9.58. The number of aromatic nitrogens is 2. The molecule has 1 aromatic rings. The number of nitrogens with one attached hydrogen (secondary N) is 1. The molecular weight excluding hydrogens is 262 g/mol. The van der Waals surface area contributed by atoms with Crippen molar-refractivity contribution < 1.29 is 19.2 Å². The van der Waals surface area contributed by atoms with Crippen LogP contribution in [0.2, 0.25) is 0 Å². The molecule has 1 heterocycles. The smallest absolute Gasteiger partial charge is 0.307 e. The number of amides is 1. The molecule has 110 valence electrons. The van der Waals surface area contributed by atoms with Gasteiger partial charge in [0.15, 0.2) is 5.82 Å². The SMILES string of the molecule is Cc1noc(CCNC(=O)C2CCCCC2C(=O)O)n1. The molecule has 7 nitrogen and oxygen atoms in total. The van der Waals surface area contributed by atoms with Crippen molar-refractivity contribution in [1.29, 1.82) is 0 Å². The van der Waals surface area contributed by atoms with Crippen LogP contribution in [0.5, 0.6) is 0 Å². The number of rotatable bonds is 5. The zero-order chi connectivity index (χ0) is 14.5. The molecule has 0 radical (unpaired) electrons. The van der Waals surface area contributed by atoms with Gasteiger partial charge in [0.25, 0.3) is 0 Å². The van der Waals surface area contributed by atoms with E-state index in [1.165, 1.54) is 0 Å². The molecule has 2 unspecified atom stereocenters. The predicted molar refractivity (Wildman–Crippen MR) is 68.8 cm³/mol. The van der Waals surface area contributed by atoms with Crippen molar-refractivity contribution in [1.82, 2.24) is 15.5 Å². The molecule has 2 rings (SSSR count). The summed E-state index contributed by atoms with van der Waals surface area (Å²) in [5.74, 6) is -1.02. The first kappa shape index (κ1) is 14.5. The van der Waals surface area contributed by atoms with Crippen molar-refractivity contribution in [2.75, 3.05) is 6.54 Å². The largest absolute Gasteiger partial charge is 0.481 e. The Bertz CT molecular complexity index is 486. The van der Waals surface area contributed by atoms with E-state index in [1.807, 2.05) is 0 Å². The average Bonchev–Trinajstić information content (AvgIpc) is 2.84. The molecule has 0 aliphatic heterocycles. The summed E-state index contributed by atoms with van der Waals surface area (Å²) < 4.78 is 4.94. The molecule has 7 heteroatoms. The number of nitrogens with zero attached hydrogens (tertiary/aromatic N) is 2. The maximum absolute atomic E-state index is 12.1. The van der Waals surface area contributed by atoms with Crippen molar-refractivity contribution in [3.8, 4) is 0 Å². The Hall–Kier alpha value is -1.92. The second-order valence-electron chi connectivity index (χ2n) is 5.11. The number of hydrogen-bond donors (Lipinski definition) is 2. The van der Waals surface area contributed by atoms with Gasteiger partial charge in [-0.1, -0.05) is 18.0 Å². The van der Waals surface area contributed by atoms with Gasteiger partial charge in [-0.25, -0.2) is 0 Å². The van der Waals surface area contributed by atoms with Crippen LogP contribution in [-0.2, 0) is 16.0 Å². The molecule has 20 heavy (non-hydrogen) atoms. The fourth-order valence-corrected chi connectivity index (χ4v) is 2.61. The highest BCUT2D eigenvalue weighted by molar-refractivity contribution is 5.84. The quantitative estimate of drug-likeness (QED) is 0.831. The van der Waals surface area contributed by atoms with Crippen LogP contribution in [0, 0.1) is 18.8 Å². The number of carboxylic acids is 1. The van der Waals surface area contributed by atoms with Crippen molar-refractivity contribution in [2.45, 2.75) is 39.0 Å². The van der Waals surface area contributed by atoms with E-state index in [-0.39, 0.29) is 5.91 Å². The Kier molecular flexibility index (Phi) is 4.70. The van der Waals surface area contributed by atoms with Crippen LogP contribution in [0.4, 0.5) is 0 Å². The molecule has 1 amide bonds. The summed E-state index contributed by atoms with van der Waals surface area (Å²) in [4.78, 5) is 27.3. The summed E-state index contributed by atoms with van der Waals surface area (Å²) in [7, 11) is 0. The summed E-state index contributed by atoms with van der Waals surface area (Å²) in [6.07, 6.45) is 3.46. The molecule has 0 aromatic carbocycles. The van der Waals surface area contributed by atoms with E-state index in [2.05, 4.69) is 15.5 Å². The Morgan fingerprint density at radius 3 is 2.65 bits per heavy atom. The van der Waals surface area contributed by atoms with Gasteiger partial charge >= 0.3 is 5.97 Å². The maximum Gasteiger partial charge on any atom is 0.307 e. The molecule has 0 bridgehead atoms. The second-order valence-corrected chi connectivity index (χ2v) is 5.11. The van der Waals surface area contributed by atoms with Crippen LogP contribution >= 0.6 is 0 Å². The summed E-state index contributed by atoms with van der Waals surface area (Å²) in [6, 6.07) is 0. The molecule has 0 spiro atoms. The summed E-state index contributed by atoms with van der Waals surface area (Å²) in [5.41, 5.74) is 0. The lowest BCUT2D eigenvalue weighted by molar-refractivity contribution is -0.148. The summed E-state index contributed by atoms with van der Waals surface area (Å²) >= 11 is 0. The van der Waals surface area contributed by atoms with Gasteiger partial charge in [0.1, 0.15) is 0 Å². The lowest BCUT2D eigenvalue weighted by Gasteiger charge is -2.27. The lowest BCUT2D eigenvalue weighted by atomic mass is 9.79. The van der Waals surface area contributed by atoms with E-state index in [4.69, 9.17) is 9.63 Å². The minimum Gasteiger partial charge on any atom is -0.481 e. The minimum atomic E-state index is -0.877. The molecule has 1 aliphatic carbocycles. The van der Waals surface area contributed by atoms with Gasteiger partial charge in [-0.2, -0.15) is 4.98 Å². The third-order valence-corrected chi connectivity index (χ3v) is 3.63. The fourth-order valence-electron chi connectivity index (χ4n) is 2.61. The number of carbonyl (C=O) groups is 2. The fraction of sp³-hybridized carbons (Fsp3) is 0.692. The highest BCUT2D eigenvalue weighted by atomic mass is 16.5. The molecule has 0 saturated heterocycles. The van der Waals surface area contributed by atoms with Crippen LogP contribution in [-0.4, -0.2) is 33.7 Å². The van der Waals surface area contributed by atoms with Crippen LogP contribution in [0.15, 0.2) is 4.52 Å². The van der Waals surface area contributed by atoms with Gasteiger partial charge in [-0.15, -0.1) is 0 Å². The standard InChI is InChI=1S/C13H19N3O4/c1-8-15-11(20-16-8)6-7-14-12(17)9-4-2-3-5-10(9)13(18)19/h9-10H,2-7H2,1H3,(H,14,17)(H,18,19). The van der Waals surface area contributed by atoms with E-state index in [1.54, 1.807) is 6.92 Å². The first-order valence-electron chi connectivity index (χ1n) is 6.87. The Labute approximate surface area is 116 Å². The molecule has 2 N–H and O–H groups in total.